The number of hydrogen-bond donors (Lipinski definition) is 1. The van der Waals surface area contributed by atoms with E-state index in [0.717, 1.165) is 25.8 Å². The Balaban J connectivity index is 1.66. The number of nitrogens with one attached hydrogen (secondary N) is 1. The molecular formula is C24H34N2O3. The third-order valence-electron chi connectivity index (χ3n) is 5.51. The normalized spacial score (nSPS) is 18.6. The number of rotatable bonds is 5. The molecule has 5 heteroatoms. The van der Waals surface area contributed by atoms with Crippen LogP contribution in [0.2, 0.25) is 0 Å². The van der Waals surface area contributed by atoms with Crippen LogP contribution in [0.1, 0.15) is 65.0 Å². The Morgan fingerprint density at radius 3 is 2.66 bits per heavy atom. The fourth-order valence-corrected chi connectivity index (χ4v) is 4.39. The number of alkyl carbamates (subject to hydrolysis) is 1. The molecule has 29 heavy (non-hydrogen) atoms. The first-order valence-corrected chi connectivity index (χ1v) is 10.7. The van der Waals surface area contributed by atoms with Crippen LogP contribution in [0.25, 0.3) is 5.57 Å². The standard InChI is InChI=1S/C24H34N2O3/c1-16(2)14-21-20-15-17-8-6-7-9-18(17)19(20)11-13-26(21)22(27)10-12-25-23(28)29-24(3,4)5/h6-9,16,21H,10-15H2,1-5H3,(H,25,28). The van der Waals surface area contributed by atoms with E-state index in [-0.39, 0.29) is 11.9 Å². The van der Waals surface area contributed by atoms with Crippen LogP contribution < -0.4 is 5.32 Å². The van der Waals surface area contributed by atoms with Crippen molar-refractivity contribution in [3.8, 4) is 0 Å². The van der Waals surface area contributed by atoms with E-state index in [4.69, 9.17) is 4.74 Å². The Labute approximate surface area is 174 Å². The Morgan fingerprint density at radius 1 is 1.24 bits per heavy atom. The SMILES string of the molecule is CC(C)CC1C2=C(CCN1C(=O)CCNC(=O)OC(C)(C)C)c1ccccc1C2. The minimum Gasteiger partial charge on any atom is -0.444 e. The highest BCUT2D eigenvalue weighted by atomic mass is 16.6. The van der Waals surface area contributed by atoms with E-state index in [9.17, 15) is 9.59 Å². The third-order valence-corrected chi connectivity index (χ3v) is 5.51. The van der Waals surface area contributed by atoms with E-state index in [1.54, 1.807) is 0 Å². The summed E-state index contributed by atoms with van der Waals surface area (Å²) in [6, 6.07) is 8.77. The van der Waals surface area contributed by atoms with Gasteiger partial charge in [-0.25, -0.2) is 4.79 Å². The Kier molecular flexibility index (Phi) is 6.35. The number of hydrogen-bond acceptors (Lipinski definition) is 3. The summed E-state index contributed by atoms with van der Waals surface area (Å²) in [5.74, 6) is 0.611. The van der Waals surface area contributed by atoms with Gasteiger partial charge in [0.15, 0.2) is 0 Å². The van der Waals surface area contributed by atoms with Crippen molar-refractivity contribution in [2.24, 2.45) is 5.92 Å². The molecule has 1 heterocycles. The maximum absolute atomic E-state index is 13.0. The summed E-state index contributed by atoms with van der Waals surface area (Å²) in [5, 5.41) is 2.70. The topological polar surface area (TPSA) is 58.6 Å². The van der Waals surface area contributed by atoms with Crippen LogP contribution in [0.4, 0.5) is 4.79 Å². The summed E-state index contributed by atoms with van der Waals surface area (Å²) >= 11 is 0. The quantitative estimate of drug-likeness (QED) is 0.791. The van der Waals surface area contributed by atoms with E-state index in [2.05, 4.69) is 43.4 Å². The number of fused-ring (bicyclic) bond motifs is 2. The van der Waals surface area contributed by atoms with Crippen molar-refractivity contribution in [1.82, 2.24) is 10.2 Å². The summed E-state index contributed by atoms with van der Waals surface area (Å²) in [7, 11) is 0. The molecule has 3 rings (SSSR count). The molecule has 1 aliphatic heterocycles. The van der Waals surface area contributed by atoms with Gasteiger partial charge in [-0.3, -0.25) is 4.79 Å². The molecule has 0 fully saturated rings. The number of nitrogens with zero attached hydrogens (tertiary/aromatic N) is 1. The molecule has 1 aromatic carbocycles. The first kappa shape index (κ1) is 21.4. The zero-order chi connectivity index (χ0) is 21.2. The van der Waals surface area contributed by atoms with Crippen molar-refractivity contribution < 1.29 is 14.3 Å². The van der Waals surface area contributed by atoms with Gasteiger partial charge in [0, 0.05) is 19.5 Å². The Bertz CT molecular complexity index is 805. The first-order chi connectivity index (χ1) is 13.7. The summed E-state index contributed by atoms with van der Waals surface area (Å²) in [6.45, 7) is 10.9. The average Bonchev–Trinajstić information content (AvgIpc) is 2.99. The largest absolute Gasteiger partial charge is 0.444 e. The fraction of sp³-hybridized carbons (Fsp3) is 0.583. The van der Waals surface area contributed by atoms with Gasteiger partial charge in [0.2, 0.25) is 5.91 Å². The summed E-state index contributed by atoms with van der Waals surface area (Å²) < 4.78 is 5.25. The molecule has 158 valence electrons. The molecular weight excluding hydrogens is 364 g/mol. The van der Waals surface area contributed by atoms with Crippen molar-refractivity contribution in [3.05, 3.63) is 41.0 Å². The van der Waals surface area contributed by atoms with Crippen molar-refractivity contribution in [2.45, 2.75) is 71.9 Å². The maximum Gasteiger partial charge on any atom is 0.407 e. The molecule has 2 amide bonds. The van der Waals surface area contributed by atoms with Crippen LogP contribution in [0.3, 0.4) is 0 Å². The van der Waals surface area contributed by atoms with Crippen molar-refractivity contribution in [3.63, 3.8) is 0 Å². The zero-order valence-corrected chi connectivity index (χ0v) is 18.4. The molecule has 0 aromatic heterocycles. The lowest BCUT2D eigenvalue weighted by Gasteiger charge is -2.38. The summed E-state index contributed by atoms with van der Waals surface area (Å²) in [6.07, 6.45) is 2.65. The van der Waals surface area contributed by atoms with E-state index < -0.39 is 11.7 Å². The molecule has 0 saturated heterocycles. The number of amides is 2. The average molecular weight is 399 g/mol. The molecule has 0 bridgehead atoms. The van der Waals surface area contributed by atoms with E-state index in [1.165, 1.54) is 22.3 Å². The van der Waals surface area contributed by atoms with Crippen LogP contribution in [-0.4, -0.2) is 41.6 Å². The Morgan fingerprint density at radius 2 is 1.97 bits per heavy atom. The number of carbonyl (C=O) groups is 2. The molecule has 1 unspecified atom stereocenters. The van der Waals surface area contributed by atoms with Gasteiger partial charge in [-0.1, -0.05) is 38.1 Å². The molecule has 2 aliphatic rings. The smallest absolute Gasteiger partial charge is 0.407 e. The molecule has 0 spiro atoms. The van der Waals surface area contributed by atoms with Crippen LogP contribution in [0.15, 0.2) is 29.8 Å². The molecule has 0 saturated carbocycles. The van der Waals surface area contributed by atoms with Gasteiger partial charge in [0.1, 0.15) is 5.60 Å². The molecule has 0 radical (unpaired) electrons. The summed E-state index contributed by atoms with van der Waals surface area (Å²) in [5.41, 5.74) is 5.08. The van der Waals surface area contributed by atoms with Crippen molar-refractivity contribution in [1.29, 1.82) is 0 Å². The molecule has 1 N–H and O–H groups in total. The first-order valence-electron chi connectivity index (χ1n) is 10.7. The minimum absolute atomic E-state index is 0.106. The van der Waals surface area contributed by atoms with Gasteiger partial charge in [-0.05, 0) is 68.2 Å². The lowest BCUT2D eigenvalue weighted by Crippen LogP contribution is -2.46. The highest BCUT2D eigenvalue weighted by Crippen LogP contribution is 2.42. The van der Waals surface area contributed by atoms with Gasteiger partial charge in [-0.2, -0.15) is 0 Å². The van der Waals surface area contributed by atoms with E-state index in [0.29, 0.717) is 18.9 Å². The molecule has 1 atom stereocenters. The number of benzene rings is 1. The third kappa shape index (κ3) is 5.20. The van der Waals surface area contributed by atoms with Gasteiger partial charge in [-0.15, -0.1) is 0 Å². The molecule has 1 aliphatic carbocycles. The lowest BCUT2D eigenvalue weighted by molar-refractivity contribution is -0.133. The predicted molar refractivity (Wildman–Crippen MR) is 115 cm³/mol. The van der Waals surface area contributed by atoms with Crippen LogP contribution in [-0.2, 0) is 16.0 Å². The predicted octanol–water partition coefficient (Wildman–Crippen LogP) is 4.56. The molecule has 1 aromatic rings. The van der Waals surface area contributed by atoms with Gasteiger partial charge in [0.05, 0.1) is 6.04 Å². The van der Waals surface area contributed by atoms with E-state index in [1.807, 2.05) is 25.7 Å². The minimum atomic E-state index is -0.538. The van der Waals surface area contributed by atoms with Crippen LogP contribution >= 0.6 is 0 Å². The number of ether oxygens (including phenoxy) is 1. The second-order valence-electron chi connectivity index (χ2n) is 9.50. The highest BCUT2D eigenvalue weighted by molar-refractivity contribution is 5.83. The van der Waals surface area contributed by atoms with E-state index >= 15 is 0 Å². The van der Waals surface area contributed by atoms with Crippen molar-refractivity contribution >= 4 is 17.6 Å². The lowest BCUT2D eigenvalue weighted by atomic mass is 9.87. The van der Waals surface area contributed by atoms with Gasteiger partial charge >= 0.3 is 6.09 Å². The maximum atomic E-state index is 13.0. The molecule has 5 nitrogen and oxygen atoms in total. The van der Waals surface area contributed by atoms with Crippen LogP contribution in [0.5, 0.6) is 0 Å². The second-order valence-corrected chi connectivity index (χ2v) is 9.50. The van der Waals surface area contributed by atoms with Gasteiger partial charge < -0.3 is 15.0 Å². The monoisotopic (exact) mass is 398 g/mol. The highest BCUT2D eigenvalue weighted by Gasteiger charge is 2.36. The van der Waals surface area contributed by atoms with Gasteiger partial charge in [0.25, 0.3) is 0 Å². The number of carbonyl (C=O) groups excluding carboxylic acids is 2. The fourth-order valence-electron chi connectivity index (χ4n) is 4.39. The second kappa shape index (κ2) is 8.60. The Hall–Kier alpha value is -2.30. The summed E-state index contributed by atoms with van der Waals surface area (Å²) in [4.78, 5) is 26.9. The van der Waals surface area contributed by atoms with Crippen LogP contribution in [0, 0.1) is 5.92 Å². The van der Waals surface area contributed by atoms with Crippen molar-refractivity contribution in [2.75, 3.05) is 13.1 Å². The zero-order valence-electron chi connectivity index (χ0n) is 18.4.